The Labute approximate surface area is 330 Å². The van der Waals surface area contributed by atoms with Crippen molar-refractivity contribution in [1.29, 1.82) is 0 Å². The maximum absolute atomic E-state index is 14.0. The summed E-state index contributed by atoms with van der Waals surface area (Å²) >= 11 is 0. The maximum Gasteiger partial charge on any atom is 0.352 e. The molecule has 57 heavy (non-hydrogen) atoms. The van der Waals surface area contributed by atoms with Crippen LogP contribution in [-0.4, -0.2) is 39.4 Å². The summed E-state index contributed by atoms with van der Waals surface area (Å²) in [6, 6.07) is 59.6. The molecule has 9 heteroatoms. The van der Waals surface area contributed by atoms with Crippen LogP contribution in [0.15, 0.2) is 181 Å². The molecule has 0 unspecified atom stereocenters. The lowest BCUT2D eigenvalue weighted by Crippen LogP contribution is -2.39. The van der Waals surface area contributed by atoms with Crippen LogP contribution in [0.2, 0.25) is 0 Å². The van der Waals surface area contributed by atoms with Crippen LogP contribution in [0.5, 0.6) is 0 Å². The molecule has 0 radical (unpaired) electrons. The third-order valence-corrected chi connectivity index (χ3v) is 10.6. The Balaban J connectivity index is 1.12. The van der Waals surface area contributed by atoms with Gasteiger partial charge in [0.15, 0.2) is 11.5 Å². The summed E-state index contributed by atoms with van der Waals surface area (Å²) in [6.07, 6.45) is 2.62. The number of hydrogen-bond acceptors (Lipinski definition) is 6. The van der Waals surface area contributed by atoms with Crippen molar-refractivity contribution in [2.45, 2.75) is 38.3 Å². The molecule has 0 spiro atoms. The zero-order valence-electron chi connectivity index (χ0n) is 31.6. The number of tetrazole rings is 1. The topological polar surface area (TPSA) is 95.8 Å². The van der Waals surface area contributed by atoms with Crippen molar-refractivity contribution in [2.24, 2.45) is 0 Å². The Hall–Kier alpha value is -7.26. The van der Waals surface area contributed by atoms with Crippen LogP contribution in [0.4, 0.5) is 0 Å². The molecule has 9 rings (SSSR count). The molecule has 0 fully saturated rings. The van der Waals surface area contributed by atoms with E-state index < -0.39 is 5.54 Å². The molecule has 9 nitrogen and oxygen atoms in total. The number of benzene rings is 6. The van der Waals surface area contributed by atoms with Crippen molar-refractivity contribution in [3.05, 3.63) is 214 Å². The highest BCUT2D eigenvalue weighted by Crippen LogP contribution is 2.43. The fraction of sp³-hybridized carbons (Fsp3) is 0.125. The van der Waals surface area contributed by atoms with Crippen LogP contribution in [-0.2, 0) is 18.5 Å². The van der Waals surface area contributed by atoms with E-state index in [0.717, 1.165) is 68.9 Å². The molecule has 9 aromatic rings. The molecule has 0 saturated heterocycles. The van der Waals surface area contributed by atoms with Gasteiger partial charge in [-0.15, -0.1) is 5.10 Å². The first-order chi connectivity index (χ1) is 28.1. The summed E-state index contributed by atoms with van der Waals surface area (Å²) in [4.78, 5) is 19.0. The monoisotopic (exact) mass is 744 g/mol. The number of unbranched alkanes of at least 4 members (excludes halogenated alkanes) is 1. The highest BCUT2D eigenvalue weighted by Gasteiger charge is 2.42. The second-order valence-corrected chi connectivity index (χ2v) is 14.1. The van der Waals surface area contributed by atoms with Crippen LogP contribution in [0.1, 0.15) is 47.8 Å². The van der Waals surface area contributed by atoms with Crippen molar-refractivity contribution in [3.8, 4) is 33.8 Å². The molecule has 0 aliphatic carbocycles. The Morgan fingerprint density at radius 1 is 0.614 bits per heavy atom. The highest BCUT2D eigenvalue weighted by atomic mass is 16.2. The first-order valence-corrected chi connectivity index (χ1v) is 19.3. The van der Waals surface area contributed by atoms with E-state index in [1.165, 1.54) is 4.52 Å². The largest absolute Gasteiger partial charge is 0.352 e. The summed E-state index contributed by atoms with van der Waals surface area (Å²) in [5.41, 5.74) is 8.10. The molecule has 3 heterocycles. The first-order valence-electron chi connectivity index (χ1n) is 19.3. The molecule has 0 amide bonds. The van der Waals surface area contributed by atoms with E-state index >= 15 is 0 Å². The summed E-state index contributed by atoms with van der Waals surface area (Å²) in [5, 5.41) is 18.5. The molecule has 278 valence electrons. The average Bonchev–Trinajstić information content (AvgIpc) is 3.95. The van der Waals surface area contributed by atoms with Gasteiger partial charge >= 0.3 is 5.69 Å². The molecule has 0 aliphatic heterocycles. The second kappa shape index (κ2) is 15.5. The smallest absolute Gasteiger partial charge is 0.275 e. The van der Waals surface area contributed by atoms with E-state index in [-0.39, 0.29) is 5.69 Å². The fourth-order valence-electron chi connectivity index (χ4n) is 7.83. The number of aryl methyl sites for hydroxylation is 1. The summed E-state index contributed by atoms with van der Waals surface area (Å²) in [5.74, 6) is 1.39. The van der Waals surface area contributed by atoms with E-state index in [9.17, 15) is 4.79 Å². The van der Waals surface area contributed by atoms with E-state index in [1.807, 2.05) is 71.4 Å². The van der Waals surface area contributed by atoms with Gasteiger partial charge in [0.2, 0.25) is 0 Å². The molecule has 0 aliphatic rings. The van der Waals surface area contributed by atoms with Crippen molar-refractivity contribution in [1.82, 2.24) is 39.4 Å². The predicted molar refractivity (Wildman–Crippen MR) is 224 cm³/mol. The average molecular weight is 745 g/mol. The SMILES string of the molecule is CCCCc1nc2cc(-c3ccccc3)nn2c(=O)n1Cc1ccc(-c2ccccc2-c2nnnn2C(c2ccccc2)(c2ccccc2)c2ccccc2)cc1. The van der Waals surface area contributed by atoms with Gasteiger partial charge in [0.25, 0.3) is 0 Å². The lowest BCUT2D eigenvalue weighted by molar-refractivity contribution is 0.451. The van der Waals surface area contributed by atoms with Crippen LogP contribution in [0.25, 0.3) is 39.4 Å². The Morgan fingerprint density at radius 2 is 1.18 bits per heavy atom. The van der Waals surface area contributed by atoms with Crippen molar-refractivity contribution < 1.29 is 0 Å². The number of nitrogens with zero attached hydrogens (tertiary/aromatic N) is 8. The van der Waals surface area contributed by atoms with Gasteiger partial charge in [0.05, 0.1) is 12.2 Å². The number of fused-ring (bicyclic) bond motifs is 1. The van der Waals surface area contributed by atoms with E-state index in [1.54, 1.807) is 4.57 Å². The van der Waals surface area contributed by atoms with Gasteiger partial charge in [-0.1, -0.05) is 183 Å². The molecule has 0 saturated carbocycles. The summed E-state index contributed by atoms with van der Waals surface area (Å²) < 4.78 is 5.15. The van der Waals surface area contributed by atoms with Crippen LogP contribution < -0.4 is 5.69 Å². The van der Waals surface area contributed by atoms with Crippen molar-refractivity contribution >= 4 is 5.65 Å². The van der Waals surface area contributed by atoms with Crippen LogP contribution in [0, 0.1) is 0 Å². The predicted octanol–water partition coefficient (Wildman–Crippen LogP) is 9.11. The third-order valence-electron chi connectivity index (χ3n) is 10.6. The van der Waals surface area contributed by atoms with Gasteiger partial charge in [-0.2, -0.15) is 9.61 Å². The van der Waals surface area contributed by atoms with Crippen LogP contribution >= 0.6 is 0 Å². The van der Waals surface area contributed by atoms with Gasteiger partial charge in [-0.25, -0.2) is 14.5 Å². The molecule has 0 atom stereocenters. The summed E-state index contributed by atoms with van der Waals surface area (Å²) in [6.45, 7) is 2.52. The minimum Gasteiger partial charge on any atom is -0.275 e. The van der Waals surface area contributed by atoms with Gasteiger partial charge in [0.1, 0.15) is 11.4 Å². The number of rotatable bonds is 12. The van der Waals surface area contributed by atoms with Crippen molar-refractivity contribution in [2.75, 3.05) is 0 Å². The van der Waals surface area contributed by atoms with Gasteiger partial charge in [0, 0.05) is 23.6 Å². The number of hydrogen-bond donors (Lipinski definition) is 0. The normalized spacial score (nSPS) is 11.6. The summed E-state index contributed by atoms with van der Waals surface area (Å²) in [7, 11) is 0. The molecule has 6 aromatic carbocycles. The maximum atomic E-state index is 14.0. The lowest BCUT2D eigenvalue weighted by Gasteiger charge is -2.36. The Morgan fingerprint density at radius 3 is 1.77 bits per heavy atom. The highest BCUT2D eigenvalue weighted by molar-refractivity contribution is 5.81. The molecule has 0 N–H and O–H groups in total. The zero-order chi connectivity index (χ0) is 38.6. The molecule has 0 bridgehead atoms. The second-order valence-electron chi connectivity index (χ2n) is 14.1. The number of aromatic nitrogens is 8. The Kier molecular flexibility index (Phi) is 9.62. The molecule has 3 aromatic heterocycles. The van der Waals surface area contributed by atoms with Gasteiger partial charge in [-0.3, -0.25) is 4.57 Å². The zero-order valence-corrected chi connectivity index (χ0v) is 31.6. The van der Waals surface area contributed by atoms with Crippen molar-refractivity contribution in [3.63, 3.8) is 0 Å². The van der Waals surface area contributed by atoms with Gasteiger partial charge < -0.3 is 0 Å². The quantitative estimate of drug-likeness (QED) is 0.116. The van der Waals surface area contributed by atoms with Gasteiger partial charge in [-0.05, 0) is 50.2 Å². The Bertz CT molecular complexity index is 2720. The first kappa shape index (κ1) is 35.4. The lowest BCUT2D eigenvalue weighted by atomic mass is 9.77. The fourth-order valence-corrected chi connectivity index (χ4v) is 7.83. The minimum absolute atomic E-state index is 0.201. The minimum atomic E-state index is -0.881. The van der Waals surface area contributed by atoms with E-state index in [2.05, 4.69) is 126 Å². The molecular weight excluding hydrogens is 705 g/mol. The van der Waals surface area contributed by atoms with E-state index in [0.29, 0.717) is 24.4 Å². The molecular formula is C48H40N8O. The van der Waals surface area contributed by atoms with E-state index in [4.69, 9.17) is 15.3 Å². The third kappa shape index (κ3) is 6.53. The standard InChI is InChI=1S/C48H40N8O/c1-2-3-28-44-49-45-33-43(37-18-8-4-9-19-37)51-55(45)47(57)54(44)34-35-29-31-36(32-30-35)41-26-16-17-27-42(41)46-50-52-53-56(46)48(38-20-10-5-11-21-38,39-22-12-6-13-23-39)40-24-14-7-15-25-40/h4-27,29-33H,2-3,28,34H2,1H3. The van der Waals surface area contributed by atoms with Crippen LogP contribution in [0.3, 0.4) is 0 Å².